The van der Waals surface area contributed by atoms with Crippen molar-refractivity contribution in [1.82, 2.24) is 0 Å². The van der Waals surface area contributed by atoms with Gasteiger partial charge in [-0.05, 0) is 31.6 Å². The lowest BCUT2D eigenvalue weighted by atomic mass is 9.77. The Labute approximate surface area is 166 Å². The average molecular weight is 391 g/mol. The van der Waals surface area contributed by atoms with E-state index < -0.39 is 0 Å². The summed E-state index contributed by atoms with van der Waals surface area (Å²) in [4.78, 5) is 0. The van der Waals surface area contributed by atoms with Crippen LogP contribution in [0.25, 0.3) is 0 Å². The summed E-state index contributed by atoms with van der Waals surface area (Å²) < 4.78 is 6.59. The molecule has 1 saturated heterocycles. The second-order valence-corrected chi connectivity index (χ2v) is 9.32. The molecule has 1 aliphatic heterocycles. The van der Waals surface area contributed by atoms with Gasteiger partial charge in [0.05, 0.1) is 12.2 Å². The molecule has 25 heavy (non-hydrogen) atoms. The first kappa shape index (κ1) is 21.8. The normalized spacial score (nSPS) is 31.3. The largest absolute Gasteiger partial charge is 0.374 e. The number of rotatable bonds is 11. The van der Waals surface area contributed by atoms with Crippen molar-refractivity contribution in [3.8, 4) is 0 Å². The Morgan fingerprint density at radius 3 is 2.16 bits per heavy atom. The van der Waals surface area contributed by atoms with Crippen molar-refractivity contribution >= 4 is 23.2 Å². The molecule has 0 aromatic carbocycles. The third kappa shape index (κ3) is 7.59. The van der Waals surface area contributed by atoms with Crippen LogP contribution >= 0.6 is 23.2 Å². The third-order valence-electron chi connectivity index (χ3n) is 6.40. The monoisotopic (exact) mass is 390 g/mol. The minimum absolute atomic E-state index is 0.206. The topological polar surface area (TPSA) is 9.23 Å². The zero-order chi connectivity index (χ0) is 17.9. The highest BCUT2D eigenvalue weighted by atomic mass is 35.5. The van der Waals surface area contributed by atoms with E-state index in [4.69, 9.17) is 27.9 Å². The maximum atomic E-state index is 6.74. The van der Waals surface area contributed by atoms with E-state index in [-0.39, 0.29) is 5.38 Å². The van der Waals surface area contributed by atoms with Crippen LogP contribution in [-0.2, 0) is 4.74 Å². The van der Waals surface area contributed by atoms with Crippen molar-refractivity contribution < 1.29 is 4.74 Å². The van der Waals surface area contributed by atoms with Gasteiger partial charge in [0.25, 0.3) is 0 Å². The van der Waals surface area contributed by atoms with Gasteiger partial charge in [-0.1, -0.05) is 77.6 Å². The predicted molar refractivity (Wildman–Crippen MR) is 111 cm³/mol. The summed E-state index contributed by atoms with van der Waals surface area (Å²) in [6.45, 7) is 2.28. The number of hydrogen-bond acceptors (Lipinski definition) is 1. The summed E-state index contributed by atoms with van der Waals surface area (Å²) in [5.41, 5.74) is 0. The summed E-state index contributed by atoms with van der Waals surface area (Å²) >= 11 is 13.0. The molecule has 0 N–H and O–H groups in total. The van der Waals surface area contributed by atoms with Crippen molar-refractivity contribution in [2.45, 2.75) is 121 Å². The maximum absolute atomic E-state index is 6.74. The van der Waals surface area contributed by atoms with E-state index in [0.29, 0.717) is 29.9 Å². The Morgan fingerprint density at radius 2 is 1.52 bits per heavy atom. The maximum Gasteiger partial charge on any atom is 0.0660 e. The molecule has 1 heterocycles. The lowest BCUT2D eigenvalue weighted by Crippen LogP contribution is -2.47. The predicted octanol–water partition coefficient (Wildman–Crippen LogP) is 7.72. The lowest BCUT2D eigenvalue weighted by Gasteiger charge is -2.44. The molecule has 148 valence electrons. The van der Waals surface area contributed by atoms with Crippen LogP contribution in [0.3, 0.4) is 0 Å². The van der Waals surface area contributed by atoms with Crippen LogP contribution in [0.4, 0.5) is 0 Å². The fourth-order valence-electron chi connectivity index (χ4n) is 4.81. The minimum Gasteiger partial charge on any atom is -0.374 e. The van der Waals surface area contributed by atoms with Gasteiger partial charge in [0.15, 0.2) is 0 Å². The van der Waals surface area contributed by atoms with Gasteiger partial charge in [-0.3, -0.25) is 0 Å². The molecule has 2 rings (SSSR count). The van der Waals surface area contributed by atoms with Crippen LogP contribution in [0, 0.1) is 11.8 Å². The smallest absolute Gasteiger partial charge is 0.0660 e. The van der Waals surface area contributed by atoms with Crippen LogP contribution in [0.5, 0.6) is 0 Å². The Bertz CT molecular complexity index is 330. The third-order valence-corrected chi connectivity index (χ3v) is 7.25. The van der Waals surface area contributed by atoms with E-state index in [2.05, 4.69) is 6.92 Å². The van der Waals surface area contributed by atoms with E-state index in [9.17, 15) is 0 Å². The number of ether oxygens (including phenoxy) is 1. The molecule has 3 heteroatoms. The van der Waals surface area contributed by atoms with Crippen molar-refractivity contribution in [1.29, 1.82) is 0 Å². The highest BCUT2D eigenvalue weighted by Crippen LogP contribution is 2.40. The molecule has 0 radical (unpaired) electrons. The zero-order valence-corrected chi connectivity index (χ0v) is 17.9. The van der Waals surface area contributed by atoms with Gasteiger partial charge in [-0.15, -0.1) is 23.2 Å². The number of hydrogen-bond donors (Lipinski definition) is 0. The van der Waals surface area contributed by atoms with E-state index >= 15 is 0 Å². The Balaban J connectivity index is 1.68. The molecular weight excluding hydrogens is 351 g/mol. The molecule has 2 fully saturated rings. The standard InChI is InChI=1S/C22H40Cl2O/c1-2-3-4-5-6-7-8-12-15-19-16-21(24)20(17-23)22(25-19)18-13-10-9-11-14-18/h18-22H,2-17H2,1H3/t19-,20-,21+,22+/m0/s1. The van der Waals surface area contributed by atoms with Gasteiger partial charge in [0.1, 0.15) is 0 Å². The second-order valence-electron chi connectivity index (χ2n) is 8.45. The first-order valence-corrected chi connectivity index (χ1v) is 12.1. The summed E-state index contributed by atoms with van der Waals surface area (Å²) in [5.74, 6) is 1.70. The molecule has 1 saturated carbocycles. The van der Waals surface area contributed by atoms with E-state index in [1.807, 2.05) is 0 Å². The molecular formula is C22H40Cl2O. The fourth-order valence-corrected chi connectivity index (χ4v) is 5.72. The van der Waals surface area contributed by atoms with Gasteiger partial charge in [0.2, 0.25) is 0 Å². The van der Waals surface area contributed by atoms with Crippen LogP contribution in [-0.4, -0.2) is 23.5 Å². The molecule has 1 aliphatic carbocycles. The van der Waals surface area contributed by atoms with Crippen molar-refractivity contribution in [2.75, 3.05) is 5.88 Å². The summed E-state index contributed by atoms with van der Waals surface area (Å²) in [6.07, 6.45) is 20.6. The molecule has 0 amide bonds. The lowest BCUT2D eigenvalue weighted by molar-refractivity contribution is -0.111. The quantitative estimate of drug-likeness (QED) is 0.259. The Morgan fingerprint density at radius 1 is 0.880 bits per heavy atom. The SMILES string of the molecule is CCCCCCCCCC[C@H]1C[C@@H](Cl)[C@H](CCl)[C@@H](C2CCCCC2)O1. The minimum atomic E-state index is 0.206. The van der Waals surface area contributed by atoms with E-state index in [1.165, 1.54) is 89.9 Å². The van der Waals surface area contributed by atoms with Crippen molar-refractivity contribution in [3.05, 3.63) is 0 Å². The second kappa shape index (κ2) is 12.8. The van der Waals surface area contributed by atoms with Crippen molar-refractivity contribution in [2.24, 2.45) is 11.8 Å². The van der Waals surface area contributed by atoms with Crippen LogP contribution < -0.4 is 0 Å². The number of unbranched alkanes of at least 4 members (excludes halogenated alkanes) is 7. The summed E-state index contributed by atoms with van der Waals surface area (Å²) in [5, 5.41) is 0.206. The molecule has 0 unspecified atom stereocenters. The zero-order valence-electron chi connectivity index (χ0n) is 16.4. The highest BCUT2D eigenvalue weighted by Gasteiger charge is 2.41. The Kier molecular flexibility index (Phi) is 11.2. The summed E-state index contributed by atoms with van der Waals surface area (Å²) in [7, 11) is 0. The molecule has 0 bridgehead atoms. The highest BCUT2D eigenvalue weighted by molar-refractivity contribution is 6.22. The van der Waals surface area contributed by atoms with E-state index in [0.717, 1.165) is 6.42 Å². The van der Waals surface area contributed by atoms with Gasteiger partial charge in [-0.2, -0.15) is 0 Å². The fraction of sp³-hybridized carbons (Fsp3) is 1.00. The van der Waals surface area contributed by atoms with Crippen LogP contribution in [0.15, 0.2) is 0 Å². The Hall–Kier alpha value is 0.540. The molecule has 0 spiro atoms. The molecule has 4 atom stereocenters. The first-order valence-electron chi connectivity index (χ1n) is 11.1. The first-order chi connectivity index (χ1) is 12.3. The molecule has 0 aromatic heterocycles. The van der Waals surface area contributed by atoms with Crippen molar-refractivity contribution in [3.63, 3.8) is 0 Å². The summed E-state index contributed by atoms with van der Waals surface area (Å²) in [6, 6.07) is 0. The van der Waals surface area contributed by atoms with Crippen LogP contribution in [0.1, 0.15) is 103 Å². The average Bonchev–Trinajstić information content (AvgIpc) is 2.64. The van der Waals surface area contributed by atoms with E-state index in [1.54, 1.807) is 0 Å². The van der Waals surface area contributed by atoms with Gasteiger partial charge in [0, 0.05) is 17.2 Å². The van der Waals surface area contributed by atoms with Gasteiger partial charge in [-0.25, -0.2) is 0 Å². The molecule has 1 nitrogen and oxygen atoms in total. The molecule has 2 aliphatic rings. The number of halogens is 2. The van der Waals surface area contributed by atoms with Crippen LogP contribution in [0.2, 0.25) is 0 Å². The van der Waals surface area contributed by atoms with Gasteiger partial charge >= 0.3 is 0 Å². The molecule has 0 aromatic rings. The number of alkyl halides is 2. The van der Waals surface area contributed by atoms with Gasteiger partial charge < -0.3 is 4.74 Å².